The summed E-state index contributed by atoms with van der Waals surface area (Å²) >= 11 is 4.70. The molecule has 0 radical (unpaired) electrons. The number of rotatable bonds is 5. The lowest BCUT2D eigenvalue weighted by Crippen LogP contribution is -2.38. The van der Waals surface area contributed by atoms with E-state index in [9.17, 15) is 8.42 Å². The lowest BCUT2D eigenvalue weighted by molar-refractivity contribution is 0.225. The monoisotopic (exact) mass is 380 g/mol. The first-order chi connectivity index (χ1) is 9.40. The number of sulfonamides is 1. The van der Waals surface area contributed by atoms with Crippen molar-refractivity contribution < 1.29 is 8.42 Å². The van der Waals surface area contributed by atoms with Gasteiger partial charge in [-0.1, -0.05) is 13.8 Å². The van der Waals surface area contributed by atoms with Gasteiger partial charge in [0.05, 0.1) is 3.79 Å². The van der Waals surface area contributed by atoms with E-state index >= 15 is 0 Å². The van der Waals surface area contributed by atoms with Crippen LogP contribution in [0.3, 0.4) is 0 Å². The maximum Gasteiger partial charge on any atom is 0.252 e. The summed E-state index contributed by atoms with van der Waals surface area (Å²) < 4.78 is 28.3. The molecule has 1 aromatic heterocycles. The van der Waals surface area contributed by atoms with Crippen molar-refractivity contribution in [3.63, 3.8) is 0 Å². The van der Waals surface area contributed by atoms with E-state index in [1.807, 2.05) is 6.92 Å². The predicted molar refractivity (Wildman–Crippen MR) is 86.8 cm³/mol. The maximum atomic E-state index is 12.6. The van der Waals surface area contributed by atoms with Gasteiger partial charge < -0.3 is 0 Å². The molecule has 0 amide bonds. The average molecular weight is 381 g/mol. The molecule has 1 aliphatic rings. The van der Waals surface area contributed by atoms with Crippen LogP contribution in [0.5, 0.6) is 0 Å². The Hall–Kier alpha value is 0.0500. The molecule has 1 fully saturated rings. The summed E-state index contributed by atoms with van der Waals surface area (Å²) in [7, 11) is -3.33. The zero-order valence-electron chi connectivity index (χ0n) is 12.1. The minimum Gasteiger partial charge on any atom is -0.300 e. The number of hydrogen-bond donors (Lipinski definition) is 0. The molecule has 2 rings (SSSR count). The molecule has 1 unspecified atom stereocenters. The molecule has 4 nitrogen and oxygen atoms in total. The van der Waals surface area contributed by atoms with Crippen molar-refractivity contribution in [2.75, 3.05) is 26.2 Å². The maximum absolute atomic E-state index is 12.6. The molecule has 114 valence electrons. The van der Waals surface area contributed by atoms with E-state index in [4.69, 9.17) is 0 Å². The zero-order chi connectivity index (χ0) is 14.9. The number of nitrogens with zero attached hydrogens (tertiary/aromatic N) is 2. The highest BCUT2D eigenvalue weighted by atomic mass is 79.9. The van der Waals surface area contributed by atoms with Gasteiger partial charge in [0.25, 0.3) is 10.0 Å². The fraction of sp³-hybridized carbons (Fsp3) is 0.692. The molecule has 1 atom stereocenters. The van der Waals surface area contributed by atoms with Gasteiger partial charge in [-0.15, -0.1) is 11.3 Å². The van der Waals surface area contributed by atoms with Crippen LogP contribution < -0.4 is 0 Å². The minimum atomic E-state index is -3.33. The highest BCUT2D eigenvalue weighted by Gasteiger charge is 2.35. The van der Waals surface area contributed by atoms with Crippen LogP contribution >= 0.6 is 27.3 Å². The fourth-order valence-electron chi connectivity index (χ4n) is 2.65. The lowest BCUT2D eigenvalue weighted by Gasteiger charge is -2.25. The summed E-state index contributed by atoms with van der Waals surface area (Å²) in [4.78, 5) is 2.34. The molecule has 0 aromatic carbocycles. The Labute approximate surface area is 133 Å². The van der Waals surface area contributed by atoms with Crippen molar-refractivity contribution in [3.05, 3.63) is 15.4 Å². The Kier molecular flexibility index (Phi) is 5.29. The van der Waals surface area contributed by atoms with Gasteiger partial charge in [0.15, 0.2) is 0 Å². The smallest absolute Gasteiger partial charge is 0.252 e. The van der Waals surface area contributed by atoms with Gasteiger partial charge in [0.2, 0.25) is 0 Å². The third kappa shape index (κ3) is 3.11. The van der Waals surface area contributed by atoms with E-state index in [0.717, 1.165) is 28.9 Å². The molecule has 0 aliphatic carbocycles. The van der Waals surface area contributed by atoms with Gasteiger partial charge in [-0.2, -0.15) is 4.31 Å². The second-order valence-electron chi connectivity index (χ2n) is 5.05. The number of hydrogen-bond acceptors (Lipinski definition) is 4. The van der Waals surface area contributed by atoms with Crippen molar-refractivity contribution in [2.45, 2.75) is 37.4 Å². The molecular formula is C13H21BrN2O2S2. The van der Waals surface area contributed by atoms with Crippen LogP contribution in [0, 0.1) is 6.92 Å². The minimum absolute atomic E-state index is 0.351. The van der Waals surface area contributed by atoms with Gasteiger partial charge in [-0.3, -0.25) is 4.90 Å². The molecule has 2 heterocycles. The third-order valence-corrected chi connectivity index (χ3v) is 8.33. The summed E-state index contributed by atoms with van der Waals surface area (Å²) in [6, 6.07) is 2.11. The number of aryl methyl sites for hydroxylation is 1. The van der Waals surface area contributed by atoms with E-state index in [-0.39, 0.29) is 0 Å². The molecule has 1 aromatic rings. The fourth-order valence-corrected chi connectivity index (χ4v) is 6.53. The molecule has 20 heavy (non-hydrogen) atoms. The quantitative estimate of drug-likeness (QED) is 0.788. The molecule has 0 bridgehead atoms. The first-order valence-corrected chi connectivity index (χ1v) is 9.95. The predicted octanol–water partition coefficient (Wildman–Crippen LogP) is 2.92. The average Bonchev–Trinajstić information content (AvgIpc) is 3.00. The molecule has 0 saturated carbocycles. The highest BCUT2D eigenvalue weighted by molar-refractivity contribution is 9.11. The molecule has 1 aliphatic heterocycles. The Bertz CT molecular complexity index is 547. The van der Waals surface area contributed by atoms with Crippen LogP contribution in [-0.4, -0.2) is 49.8 Å². The van der Waals surface area contributed by atoms with Crippen LogP contribution in [-0.2, 0) is 10.0 Å². The summed E-state index contributed by atoms with van der Waals surface area (Å²) in [6.45, 7) is 9.34. The van der Waals surface area contributed by atoms with Gasteiger partial charge in [0.1, 0.15) is 4.21 Å². The van der Waals surface area contributed by atoms with E-state index < -0.39 is 10.0 Å². The third-order valence-electron chi connectivity index (χ3n) is 3.88. The standard InChI is InChI=1S/C13H21BrN2O2S2/c1-4-15(5-2)11-6-7-16(9-11)20(17,18)12-8-10(3)13(14)19-12/h8,11H,4-7,9H2,1-3H3. The van der Waals surface area contributed by atoms with Gasteiger partial charge in [-0.05, 0) is 54.0 Å². The van der Waals surface area contributed by atoms with E-state index in [0.29, 0.717) is 23.3 Å². The Morgan fingerprint density at radius 3 is 2.60 bits per heavy atom. The van der Waals surface area contributed by atoms with Crippen LogP contribution in [0.4, 0.5) is 0 Å². The van der Waals surface area contributed by atoms with E-state index in [2.05, 4.69) is 34.7 Å². The topological polar surface area (TPSA) is 40.6 Å². The van der Waals surface area contributed by atoms with Crippen LogP contribution in [0.1, 0.15) is 25.8 Å². The van der Waals surface area contributed by atoms with Crippen LogP contribution in [0.15, 0.2) is 14.1 Å². The van der Waals surface area contributed by atoms with Crippen molar-refractivity contribution >= 4 is 37.3 Å². The van der Waals surface area contributed by atoms with Crippen molar-refractivity contribution in [1.29, 1.82) is 0 Å². The Balaban J connectivity index is 2.16. The van der Waals surface area contributed by atoms with Gasteiger partial charge in [-0.25, -0.2) is 8.42 Å². The second kappa shape index (κ2) is 6.44. The van der Waals surface area contributed by atoms with Crippen LogP contribution in [0.2, 0.25) is 0 Å². The van der Waals surface area contributed by atoms with E-state index in [1.54, 1.807) is 10.4 Å². The SMILES string of the molecule is CCN(CC)C1CCN(S(=O)(=O)c2cc(C)c(Br)s2)C1. The molecular weight excluding hydrogens is 360 g/mol. The number of likely N-dealkylation sites (N-methyl/N-ethyl adjacent to an activating group) is 1. The van der Waals surface area contributed by atoms with Crippen molar-refractivity contribution in [1.82, 2.24) is 9.21 Å². The largest absolute Gasteiger partial charge is 0.300 e. The summed E-state index contributed by atoms with van der Waals surface area (Å²) in [5.74, 6) is 0. The van der Waals surface area contributed by atoms with Crippen molar-refractivity contribution in [3.8, 4) is 0 Å². The molecule has 0 N–H and O–H groups in total. The second-order valence-corrected chi connectivity index (χ2v) is 9.58. The Morgan fingerprint density at radius 2 is 2.10 bits per heavy atom. The van der Waals surface area contributed by atoms with Crippen molar-refractivity contribution in [2.24, 2.45) is 0 Å². The molecule has 1 saturated heterocycles. The first-order valence-electron chi connectivity index (χ1n) is 6.90. The first kappa shape index (κ1) is 16.4. The molecule has 0 spiro atoms. The summed E-state index contributed by atoms with van der Waals surface area (Å²) in [6.07, 6.45) is 0.923. The number of halogens is 1. The normalized spacial score (nSPS) is 20.9. The highest BCUT2D eigenvalue weighted by Crippen LogP contribution is 2.33. The lowest BCUT2D eigenvalue weighted by atomic mass is 10.2. The molecule has 7 heteroatoms. The summed E-state index contributed by atoms with van der Waals surface area (Å²) in [5.41, 5.74) is 0.980. The number of thiophene rings is 1. The zero-order valence-corrected chi connectivity index (χ0v) is 15.3. The summed E-state index contributed by atoms with van der Waals surface area (Å²) in [5, 5.41) is 0. The Morgan fingerprint density at radius 1 is 1.45 bits per heavy atom. The van der Waals surface area contributed by atoms with E-state index in [1.165, 1.54) is 11.3 Å². The van der Waals surface area contributed by atoms with Gasteiger partial charge >= 0.3 is 0 Å². The van der Waals surface area contributed by atoms with Gasteiger partial charge in [0, 0.05) is 19.1 Å². The van der Waals surface area contributed by atoms with Crippen LogP contribution in [0.25, 0.3) is 0 Å².